The zero-order valence-corrected chi connectivity index (χ0v) is 19.3. The number of nitrogens with zero attached hydrogens (tertiary/aromatic N) is 4. The number of aliphatic hydroxyl groups is 1. The average molecular weight is 486 g/mol. The molecular weight excluding hydrogens is 464 g/mol. The van der Waals surface area contributed by atoms with E-state index in [9.17, 15) is 13.6 Å². The zero-order chi connectivity index (χ0) is 24.3. The summed E-state index contributed by atoms with van der Waals surface area (Å²) in [5, 5.41) is 20.5. The summed E-state index contributed by atoms with van der Waals surface area (Å²) >= 11 is 6.59. The number of fused-ring (bicyclic) bond motifs is 5. The van der Waals surface area contributed by atoms with E-state index in [0.29, 0.717) is 22.8 Å². The first kappa shape index (κ1) is 22.7. The molecule has 5 rings (SSSR count). The molecule has 2 N–H and O–H groups in total. The minimum atomic E-state index is -0.752. The van der Waals surface area contributed by atoms with E-state index in [-0.39, 0.29) is 36.2 Å². The first-order valence-corrected chi connectivity index (χ1v) is 11.3. The van der Waals surface area contributed by atoms with E-state index in [2.05, 4.69) is 39.3 Å². The van der Waals surface area contributed by atoms with Crippen LogP contribution in [-0.2, 0) is 5.41 Å². The predicted octanol–water partition coefficient (Wildman–Crippen LogP) is 3.79. The van der Waals surface area contributed by atoms with E-state index in [1.807, 2.05) is 0 Å². The maximum Gasteiger partial charge on any atom is 0.289 e. The van der Waals surface area contributed by atoms with Crippen molar-refractivity contribution in [1.29, 1.82) is 0 Å². The molecule has 0 unspecified atom stereocenters. The number of carbonyl (C=O) groups is 1. The van der Waals surface area contributed by atoms with E-state index in [4.69, 9.17) is 16.7 Å². The van der Waals surface area contributed by atoms with Gasteiger partial charge in [-0.1, -0.05) is 31.5 Å². The maximum atomic E-state index is 14.4. The number of halogens is 3. The highest BCUT2D eigenvalue weighted by Crippen LogP contribution is 2.70. The van der Waals surface area contributed by atoms with Gasteiger partial charge in [-0.3, -0.25) is 4.79 Å². The predicted molar refractivity (Wildman–Crippen MR) is 120 cm³/mol. The van der Waals surface area contributed by atoms with Crippen LogP contribution in [0.5, 0.6) is 0 Å². The summed E-state index contributed by atoms with van der Waals surface area (Å²) in [5.41, 5.74) is 0.733. The van der Waals surface area contributed by atoms with Crippen LogP contribution in [0.1, 0.15) is 60.2 Å². The Hall–Kier alpha value is -3.04. The molecule has 0 radical (unpaired) electrons. The average Bonchev–Trinajstić information content (AvgIpc) is 3.18. The molecule has 2 atom stereocenters. The maximum absolute atomic E-state index is 14.4. The normalized spacial score (nSPS) is 22.0. The zero-order valence-electron chi connectivity index (χ0n) is 18.6. The molecule has 3 aromatic rings. The molecule has 1 amide bonds. The molecule has 7 nitrogen and oxygen atoms in total. The van der Waals surface area contributed by atoms with Crippen molar-refractivity contribution in [1.82, 2.24) is 25.5 Å². The Morgan fingerprint density at radius 3 is 2.68 bits per heavy atom. The van der Waals surface area contributed by atoms with Crippen molar-refractivity contribution in [2.24, 2.45) is 5.41 Å². The molecular formula is C24H22ClF2N5O2. The highest BCUT2D eigenvalue weighted by molar-refractivity contribution is 6.31. The van der Waals surface area contributed by atoms with Gasteiger partial charge < -0.3 is 10.4 Å². The number of hydrogen-bond acceptors (Lipinski definition) is 6. The van der Waals surface area contributed by atoms with E-state index in [1.54, 1.807) is 6.07 Å². The van der Waals surface area contributed by atoms with Crippen LogP contribution in [-0.4, -0.2) is 44.3 Å². The summed E-state index contributed by atoms with van der Waals surface area (Å²) in [6.07, 6.45) is 2.86. The van der Waals surface area contributed by atoms with Crippen molar-refractivity contribution in [3.63, 3.8) is 0 Å². The van der Waals surface area contributed by atoms with Crippen LogP contribution >= 0.6 is 11.6 Å². The molecule has 0 spiro atoms. The van der Waals surface area contributed by atoms with Crippen LogP contribution in [0.15, 0.2) is 30.5 Å². The van der Waals surface area contributed by atoms with Gasteiger partial charge in [-0.25, -0.2) is 18.7 Å². The molecule has 10 heteroatoms. The topological polar surface area (TPSA) is 101 Å². The Morgan fingerprint density at radius 2 is 1.97 bits per heavy atom. The third-order valence-electron chi connectivity index (χ3n) is 7.35. The summed E-state index contributed by atoms with van der Waals surface area (Å²) in [5.74, 6) is -1.96. The first-order chi connectivity index (χ1) is 16.2. The van der Waals surface area contributed by atoms with Gasteiger partial charge in [-0.05, 0) is 47.9 Å². The lowest BCUT2D eigenvalue weighted by molar-refractivity contribution is 0.0933. The van der Waals surface area contributed by atoms with E-state index in [1.165, 1.54) is 24.4 Å². The lowest BCUT2D eigenvalue weighted by atomic mass is 9.66. The molecule has 2 heterocycles. The second kappa shape index (κ2) is 8.02. The molecule has 0 saturated heterocycles. The Morgan fingerprint density at radius 1 is 1.24 bits per heavy atom. The lowest BCUT2D eigenvalue weighted by Crippen LogP contribution is -2.39. The van der Waals surface area contributed by atoms with Gasteiger partial charge in [0.05, 0.1) is 45.9 Å². The highest BCUT2D eigenvalue weighted by Gasteiger charge is 2.65. The van der Waals surface area contributed by atoms with Crippen molar-refractivity contribution < 1.29 is 18.7 Å². The smallest absolute Gasteiger partial charge is 0.289 e. The van der Waals surface area contributed by atoms with Gasteiger partial charge in [0, 0.05) is 6.54 Å². The Kier molecular flexibility index (Phi) is 5.37. The first-order valence-electron chi connectivity index (χ1n) is 11.0. The van der Waals surface area contributed by atoms with Crippen LogP contribution in [0.3, 0.4) is 0 Å². The summed E-state index contributed by atoms with van der Waals surface area (Å²) in [4.78, 5) is 21.1. The number of amides is 1. The Labute approximate surface area is 199 Å². The molecule has 176 valence electrons. The van der Waals surface area contributed by atoms with Crippen molar-refractivity contribution in [2.75, 3.05) is 13.2 Å². The lowest BCUT2D eigenvalue weighted by Gasteiger charge is -2.37. The van der Waals surface area contributed by atoms with Crippen LogP contribution in [0, 0.1) is 17.0 Å². The number of carbonyl (C=O) groups excluding carboxylic acids is 1. The van der Waals surface area contributed by atoms with Gasteiger partial charge in [-0.15, -0.1) is 5.10 Å². The van der Waals surface area contributed by atoms with Crippen LogP contribution in [0.25, 0.3) is 11.3 Å². The van der Waals surface area contributed by atoms with Gasteiger partial charge >= 0.3 is 0 Å². The van der Waals surface area contributed by atoms with E-state index >= 15 is 0 Å². The highest BCUT2D eigenvalue weighted by atomic mass is 35.5. The minimum absolute atomic E-state index is 0.0317. The molecule has 1 aromatic carbocycles. The van der Waals surface area contributed by atoms with Gasteiger partial charge in [-0.2, -0.15) is 5.10 Å². The fourth-order valence-corrected chi connectivity index (χ4v) is 5.99. The third kappa shape index (κ3) is 3.06. The number of hydrogen-bond donors (Lipinski definition) is 2. The van der Waals surface area contributed by atoms with Gasteiger partial charge in [0.2, 0.25) is 5.82 Å². The Balaban J connectivity index is 1.67. The summed E-state index contributed by atoms with van der Waals surface area (Å²) in [6, 6.07) is 5.39. The van der Waals surface area contributed by atoms with Gasteiger partial charge in [0.25, 0.3) is 5.91 Å². The summed E-state index contributed by atoms with van der Waals surface area (Å²) in [6.45, 7) is 4.03. The summed E-state index contributed by atoms with van der Waals surface area (Å²) < 4.78 is 28.9. The van der Waals surface area contributed by atoms with Crippen LogP contribution in [0.4, 0.5) is 8.78 Å². The largest absolute Gasteiger partial charge is 0.395 e. The van der Waals surface area contributed by atoms with E-state index < -0.39 is 28.4 Å². The third-order valence-corrected chi connectivity index (χ3v) is 7.63. The number of rotatable bonds is 5. The van der Waals surface area contributed by atoms with Crippen molar-refractivity contribution in [3.05, 3.63) is 69.9 Å². The molecule has 1 fully saturated rings. The number of aromatic nitrogens is 4. The summed E-state index contributed by atoms with van der Waals surface area (Å²) in [7, 11) is 0. The number of nitrogens with one attached hydrogen (secondary N) is 1. The number of aliphatic hydroxyl groups excluding tert-OH is 1. The SMILES string of the molecule is CC1(C)[C@H]2CC[C@@]1(c1nc(C(=O)NCCO)ncc1Cl)c1nnc(-c3c(F)cccc3F)cc12. The molecule has 2 aromatic heterocycles. The molecule has 2 aliphatic carbocycles. The van der Waals surface area contributed by atoms with Crippen molar-refractivity contribution >= 4 is 17.5 Å². The standard InChI is InChI=1S/C24H22ClF2N5O2/c1-23(2)13-6-7-24(23,20-14(25)11-29-21(30-20)22(34)28-8-9-33)19-12(13)10-17(31-32-19)18-15(26)4-3-5-16(18)27/h3-5,10-11,13,33H,6-9H2,1-2H3,(H,28,34)/t13-,24-/m0/s1. The van der Waals surface area contributed by atoms with Crippen LogP contribution in [0.2, 0.25) is 5.02 Å². The van der Waals surface area contributed by atoms with Gasteiger partial charge in [0.15, 0.2) is 0 Å². The second-order valence-electron chi connectivity index (χ2n) is 9.22. The Bertz CT molecular complexity index is 1300. The molecule has 34 heavy (non-hydrogen) atoms. The molecule has 2 aliphatic rings. The molecule has 0 aliphatic heterocycles. The van der Waals surface area contributed by atoms with Crippen molar-refractivity contribution in [3.8, 4) is 11.3 Å². The fraction of sp³-hybridized carbons (Fsp3) is 0.375. The van der Waals surface area contributed by atoms with Gasteiger partial charge in [0.1, 0.15) is 11.6 Å². The van der Waals surface area contributed by atoms with Crippen molar-refractivity contribution in [2.45, 2.75) is 38.0 Å². The molecule has 2 bridgehead atoms. The molecule has 1 saturated carbocycles. The number of benzene rings is 1. The van der Waals surface area contributed by atoms with E-state index in [0.717, 1.165) is 12.0 Å². The quantitative estimate of drug-likeness (QED) is 0.570. The second-order valence-corrected chi connectivity index (χ2v) is 9.63. The minimum Gasteiger partial charge on any atom is -0.395 e. The fourth-order valence-electron chi connectivity index (χ4n) is 5.74. The van der Waals surface area contributed by atoms with Crippen LogP contribution < -0.4 is 5.32 Å². The monoisotopic (exact) mass is 485 g/mol.